The maximum Gasteiger partial charge on any atom is 0.156 e. The van der Waals surface area contributed by atoms with Gasteiger partial charge in [0.05, 0.1) is 11.9 Å². The number of hydrogen-bond acceptors (Lipinski definition) is 2. The van der Waals surface area contributed by atoms with Gasteiger partial charge in [-0.05, 0) is 20.3 Å². The summed E-state index contributed by atoms with van der Waals surface area (Å²) in [6, 6.07) is 0.326. The molecule has 3 nitrogen and oxygen atoms in total. The van der Waals surface area contributed by atoms with Gasteiger partial charge >= 0.3 is 0 Å². The Labute approximate surface area is 73.0 Å². The number of nitrogens with zero attached hydrogens (tertiary/aromatic N) is 2. The van der Waals surface area contributed by atoms with E-state index in [1.54, 1.807) is 0 Å². The summed E-state index contributed by atoms with van der Waals surface area (Å²) < 4.78 is 1.87. The van der Waals surface area contributed by atoms with Crippen molar-refractivity contribution in [3.8, 4) is 5.75 Å². The second-order valence-corrected chi connectivity index (χ2v) is 3.26. The summed E-state index contributed by atoms with van der Waals surface area (Å²) in [5, 5.41) is 13.5. The molecule has 0 amide bonds. The first-order valence-corrected chi connectivity index (χ1v) is 4.42. The molecule has 3 heteroatoms. The van der Waals surface area contributed by atoms with E-state index in [4.69, 9.17) is 0 Å². The summed E-state index contributed by atoms with van der Waals surface area (Å²) in [7, 11) is 0. The van der Waals surface area contributed by atoms with E-state index < -0.39 is 0 Å². The van der Waals surface area contributed by atoms with Gasteiger partial charge in [0.15, 0.2) is 5.75 Å². The quantitative estimate of drug-likeness (QED) is 0.750. The zero-order valence-corrected chi connectivity index (χ0v) is 7.91. The molecule has 0 spiro atoms. The van der Waals surface area contributed by atoms with Crippen LogP contribution in [0.1, 0.15) is 38.9 Å². The van der Waals surface area contributed by atoms with Crippen molar-refractivity contribution in [1.29, 1.82) is 0 Å². The topological polar surface area (TPSA) is 38.1 Å². The Morgan fingerprint density at radius 1 is 1.58 bits per heavy atom. The first-order valence-electron chi connectivity index (χ1n) is 4.42. The van der Waals surface area contributed by atoms with Crippen molar-refractivity contribution in [1.82, 2.24) is 9.78 Å². The van der Waals surface area contributed by atoms with Gasteiger partial charge in [-0.15, -0.1) is 0 Å². The van der Waals surface area contributed by atoms with E-state index in [1.165, 1.54) is 6.20 Å². The van der Waals surface area contributed by atoms with E-state index >= 15 is 0 Å². The third-order valence-corrected chi connectivity index (χ3v) is 1.85. The lowest BCUT2D eigenvalue weighted by Crippen LogP contribution is -2.07. The molecule has 0 aliphatic rings. The van der Waals surface area contributed by atoms with Gasteiger partial charge in [-0.1, -0.05) is 13.3 Å². The third kappa shape index (κ3) is 1.60. The average Bonchev–Trinajstić information content (AvgIpc) is 2.34. The normalized spacial score (nSPS) is 11.0. The first-order chi connectivity index (χ1) is 5.66. The molecular weight excluding hydrogens is 152 g/mol. The molecule has 1 heterocycles. The van der Waals surface area contributed by atoms with Crippen LogP contribution in [0.3, 0.4) is 0 Å². The lowest BCUT2D eigenvalue weighted by molar-refractivity contribution is 0.452. The molecule has 0 radical (unpaired) electrons. The van der Waals surface area contributed by atoms with Crippen LogP contribution < -0.4 is 0 Å². The minimum Gasteiger partial charge on any atom is -0.504 e. The van der Waals surface area contributed by atoms with E-state index in [1.807, 2.05) is 4.68 Å². The van der Waals surface area contributed by atoms with Crippen LogP contribution in [0.4, 0.5) is 0 Å². The molecule has 1 aromatic rings. The maximum atomic E-state index is 9.43. The summed E-state index contributed by atoms with van der Waals surface area (Å²) in [5.41, 5.74) is 0.951. The van der Waals surface area contributed by atoms with Gasteiger partial charge in [0.25, 0.3) is 0 Å². The van der Waals surface area contributed by atoms with Crippen LogP contribution in [0, 0.1) is 0 Å². The summed E-state index contributed by atoms with van der Waals surface area (Å²) in [6.07, 6.45) is 3.45. The van der Waals surface area contributed by atoms with Crippen molar-refractivity contribution < 1.29 is 5.11 Å². The van der Waals surface area contributed by atoms with E-state index in [2.05, 4.69) is 25.9 Å². The lowest BCUT2D eigenvalue weighted by atomic mass is 10.2. The molecular formula is C9H16N2O. The molecule has 0 aliphatic heterocycles. The highest BCUT2D eigenvalue weighted by Gasteiger charge is 2.10. The second-order valence-electron chi connectivity index (χ2n) is 3.26. The lowest BCUT2D eigenvalue weighted by Gasteiger charge is -2.09. The molecule has 0 bridgehead atoms. The fraction of sp³-hybridized carbons (Fsp3) is 0.667. The summed E-state index contributed by atoms with van der Waals surface area (Å²) in [6.45, 7) is 6.22. The fourth-order valence-electron chi connectivity index (χ4n) is 1.30. The van der Waals surface area contributed by atoms with Gasteiger partial charge in [-0.2, -0.15) is 5.10 Å². The van der Waals surface area contributed by atoms with Gasteiger partial charge in [0, 0.05) is 6.04 Å². The highest BCUT2D eigenvalue weighted by molar-refractivity contribution is 5.23. The minimum atomic E-state index is 0.325. The summed E-state index contributed by atoms with van der Waals surface area (Å²) in [4.78, 5) is 0. The molecule has 0 fully saturated rings. The van der Waals surface area contributed by atoms with Crippen LogP contribution in [-0.4, -0.2) is 14.9 Å². The maximum absolute atomic E-state index is 9.43. The van der Waals surface area contributed by atoms with Crippen LogP contribution in [-0.2, 0) is 6.42 Å². The molecule has 12 heavy (non-hydrogen) atoms. The van der Waals surface area contributed by atoms with Crippen LogP contribution >= 0.6 is 0 Å². The van der Waals surface area contributed by atoms with Crippen molar-refractivity contribution in [2.24, 2.45) is 0 Å². The molecule has 0 saturated heterocycles. The Morgan fingerprint density at radius 3 is 2.75 bits per heavy atom. The van der Waals surface area contributed by atoms with Gasteiger partial charge in [0.1, 0.15) is 0 Å². The van der Waals surface area contributed by atoms with Gasteiger partial charge in [-0.25, -0.2) is 0 Å². The van der Waals surface area contributed by atoms with Crippen LogP contribution in [0.25, 0.3) is 0 Å². The van der Waals surface area contributed by atoms with E-state index in [0.29, 0.717) is 11.8 Å². The molecule has 0 aromatic carbocycles. The Kier molecular flexibility index (Phi) is 2.74. The van der Waals surface area contributed by atoms with Crippen molar-refractivity contribution in [2.45, 2.75) is 39.7 Å². The SMILES string of the molecule is CCCc1c(O)cnn1C(C)C. The van der Waals surface area contributed by atoms with Gasteiger partial charge < -0.3 is 5.11 Å². The molecule has 0 aliphatic carbocycles. The fourth-order valence-corrected chi connectivity index (χ4v) is 1.30. The largest absolute Gasteiger partial charge is 0.504 e. The molecule has 1 aromatic heterocycles. The standard InChI is InChI=1S/C9H16N2O/c1-4-5-8-9(12)6-10-11(8)7(2)3/h6-7,12H,4-5H2,1-3H3. The van der Waals surface area contributed by atoms with Crippen LogP contribution in [0.5, 0.6) is 5.75 Å². The van der Waals surface area contributed by atoms with Crippen LogP contribution in [0.15, 0.2) is 6.20 Å². The second kappa shape index (κ2) is 3.61. The third-order valence-electron chi connectivity index (χ3n) is 1.85. The zero-order valence-electron chi connectivity index (χ0n) is 7.91. The average molecular weight is 168 g/mol. The number of rotatable bonds is 3. The summed E-state index contributed by atoms with van der Waals surface area (Å²) in [5.74, 6) is 0.325. The van der Waals surface area contributed by atoms with E-state index in [9.17, 15) is 5.11 Å². The Balaban J connectivity index is 2.95. The molecule has 1 N–H and O–H groups in total. The smallest absolute Gasteiger partial charge is 0.156 e. The van der Waals surface area contributed by atoms with E-state index in [0.717, 1.165) is 18.5 Å². The Hall–Kier alpha value is -0.990. The molecule has 68 valence electrons. The minimum absolute atomic E-state index is 0.325. The monoisotopic (exact) mass is 168 g/mol. The number of aromatic nitrogens is 2. The highest BCUT2D eigenvalue weighted by Crippen LogP contribution is 2.20. The zero-order chi connectivity index (χ0) is 9.14. The molecule has 1 rings (SSSR count). The molecule has 0 saturated carbocycles. The number of aromatic hydroxyl groups is 1. The highest BCUT2D eigenvalue weighted by atomic mass is 16.3. The Bertz CT molecular complexity index is 253. The number of hydrogen-bond donors (Lipinski definition) is 1. The van der Waals surface area contributed by atoms with Crippen molar-refractivity contribution >= 4 is 0 Å². The Morgan fingerprint density at radius 2 is 2.25 bits per heavy atom. The van der Waals surface area contributed by atoms with Crippen molar-refractivity contribution in [3.63, 3.8) is 0 Å². The molecule has 0 unspecified atom stereocenters. The predicted octanol–water partition coefficient (Wildman–Crippen LogP) is 2.12. The van der Waals surface area contributed by atoms with Gasteiger partial charge in [0.2, 0.25) is 0 Å². The van der Waals surface area contributed by atoms with Crippen molar-refractivity contribution in [2.75, 3.05) is 0 Å². The summed E-state index contributed by atoms with van der Waals surface area (Å²) >= 11 is 0. The first kappa shape index (κ1) is 9.10. The van der Waals surface area contributed by atoms with Crippen LogP contribution in [0.2, 0.25) is 0 Å². The molecule has 0 atom stereocenters. The van der Waals surface area contributed by atoms with E-state index in [-0.39, 0.29) is 0 Å². The van der Waals surface area contributed by atoms with Crippen molar-refractivity contribution in [3.05, 3.63) is 11.9 Å². The van der Waals surface area contributed by atoms with Gasteiger partial charge in [-0.3, -0.25) is 4.68 Å². The predicted molar refractivity (Wildman–Crippen MR) is 48.3 cm³/mol.